The van der Waals surface area contributed by atoms with E-state index in [2.05, 4.69) is 0 Å². The van der Waals surface area contributed by atoms with Gasteiger partial charge in [0.15, 0.2) is 0 Å². The molecule has 4 heteroatoms. The van der Waals surface area contributed by atoms with Crippen molar-refractivity contribution in [1.29, 1.82) is 0 Å². The van der Waals surface area contributed by atoms with E-state index in [-0.39, 0.29) is 6.61 Å². The van der Waals surface area contributed by atoms with Crippen LogP contribution in [0.15, 0.2) is 30.3 Å². The second-order valence-electron chi connectivity index (χ2n) is 3.46. The van der Waals surface area contributed by atoms with Crippen LogP contribution in [0.25, 0.3) is 0 Å². The molecule has 0 spiro atoms. The van der Waals surface area contributed by atoms with Gasteiger partial charge >= 0.3 is 6.16 Å². The van der Waals surface area contributed by atoms with Gasteiger partial charge in [0.05, 0.1) is 6.61 Å². The Bertz CT molecular complexity index is 310. The Morgan fingerprint density at radius 2 is 1.76 bits per heavy atom. The standard InChI is InChI=1S/C13H18O4/c1-2-3-9-16-13(14)17-11-10-15-12-7-5-4-6-8-12/h4-8H,2-3,9-11H2,1H3. The Balaban J connectivity index is 2.02. The maximum Gasteiger partial charge on any atom is 0.508 e. The SMILES string of the molecule is CCCCOC(=O)OCCOc1ccccc1. The molecule has 17 heavy (non-hydrogen) atoms. The molecule has 0 unspecified atom stereocenters. The van der Waals surface area contributed by atoms with Crippen molar-refractivity contribution in [2.45, 2.75) is 19.8 Å². The molecule has 0 heterocycles. The van der Waals surface area contributed by atoms with Crippen LogP contribution in [-0.2, 0) is 9.47 Å². The van der Waals surface area contributed by atoms with E-state index in [4.69, 9.17) is 14.2 Å². The Morgan fingerprint density at radius 3 is 2.47 bits per heavy atom. The Labute approximate surface area is 101 Å². The molecule has 0 N–H and O–H groups in total. The van der Waals surface area contributed by atoms with Crippen LogP contribution in [0.4, 0.5) is 4.79 Å². The van der Waals surface area contributed by atoms with Crippen LogP contribution in [-0.4, -0.2) is 26.0 Å². The number of carbonyl (C=O) groups excluding carboxylic acids is 1. The van der Waals surface area contributed by atoms with E-state index in [9.17, 15) is 4.79 Å². The first kappa shape index (κ1) is 13.4. The lowest BCUT2D eigenvalue weighted by molar-refractivity contribution is 0.0454. The quantitative estimate of drug-likeness (QED) is 0.541. The summed E-state index contributed by atoms with van der Waals surface area (Å²) in [5, 5.41) is 0. The molecule has 0 aliphatic heterocycles. The molecule has 1 aromatic rings. The number of hydrogen-bond acceptors (Lipinski definition) is 4. The van der Waals surface area contributed by atoms with Crippen LogP contribution in [0, 0.1) is 0 Å². The van der Waals surface area contributed by atoms with Crippen molar-refractivity contribution < 1.29 is 19.0 Å². The molecule has 0 radical (unpaired) electrons. The molecule has 0 saturated carbocycles. The maximum atomic E-state index is 11.0. The second kappa shape index (κ2) is 8.44. The van der Waals surface area contributed by atoms with E-state index < -0.39 is 6.16 Å². The van der Waals surface area contributed by atoms with Crippen molar-refractivity contribution in [2.24, 2.45) is 0 Å². The topological polar surface area (TPSA) is 44.8 Å². The zero-order chi connectivity index (χ0) is 12.3. The predicted octanol–water partition coefficient (Wildman–Crippen LogP) is 3.02. The number of carbonyl (C=O) groups is 1. The largest absolute Gasteiger partial charge is 0.508 e. The van der Waals surface area contributed by atoms with Crippen molar-refractivity contribution in [3.8, 4) is 5.75 Å². The van der Waals surface area contributed by atoms with Crippen molar-refractivity contribution in [2.75, 3.05) is 19.8 Å². The van der Waals surface area contributed by atoms with Gasteiger partial charge in [-0.15, -0.1) is 0 Å². The number of unbranched alkanes of at least 4 members (excludes halogenated alkanes) is 1. The summed E-state index contributed by atoms with van der Waals surface area (Å²) in [4.78, 5) is 11.0. The molecule has 0 aliphatic carbocycles. The molecule has 0 amide bonds. The smallest absolute Gasteiger partial charge is 0.490 e. The fourth-order valence-corrected chi connectivity index (χ4v) is 1.14. The summed E-state index contributed by atoms with van der Waals surface area (Å²) < 4.78 is 15.0. The molecule has 0 fully saturated rings. The number of benzene rings is 1. The van der Waals surface area contributed by atoms with E-state index in [0.29, 0.717) is 13.2 Å². The summed E-state index contributed by atoms with van der Waals surface area (Å²) in [5.41, 5.74) is 0. The number of hydrogen-bond donors (Lipinski definition) is 0. The first-order valence-corrected chi connectivity index (χ1v) is 5.80. The minimum Gasteiger partial charge on any atom is -0.490 e. The van der Waals surface area contributed by atoms with Crippen LogP contribution < -0.4 is 4.74 Å². The highest BCUT2D eigenvalue weighted by molar-refractivity contribution is 5.59. The first-order valence-electron chi connectivity index (χ1n) is 5.80. The van der Waals surface area contributed by atoms with Gasteiger partial charge in [-0.1, -0.05) is 31.5 Å². The first-order chi connectivity index (χ1) is 8.33. The average Bonchev–Trinajstić information content (AvgIpc) is 2.36. The normalized spacial score (nSPS) is 9.71. The minimum absolute atomic E-state index is 0.194. The van der Waals surface area contributed by atoms with Gasteiger partial charge < -0.3 is 14.2 Å². The molecular formula is C13H18O4. The fourth-order valence-electron chi connectivity index (χ4n) is 1.14. The molecule has 0 atom stereocenters. The summed E-state index contributed by atoms with van der Waals surface area (Å²) >= 11 is 0. The van der Waals surface area contributed by atoms with Crippen LogP contribution in [0.3, 0.4) is 0 Å². The van der Waals surface area contributed by atoms with E-state index in [1.165, 1.54) is 0 Å². The number of para-hydroxylation sites is 1. The number of rotatable bonds is 7. The van der Waals surface area contributed by atoms with Crippen molar-refractivity contribution >= 4 is 6.16 Å². The van der Waals surface area contributed by atoms with Crippen LogP contribution in [0.1, 0.15) is 19.8 Å². The van der Waals surface area contributed by atoms with E-state index in [1.54, 1.807) is 0 Å². The lowest BCUT2D eigenvalue weighted by atomic mass is 10.3. The summed E-state index contributed by atoms with van der Waals surface area (Å²) in [6.07, 6.45) is 1.22. The summed E-state index contributed by atoms with van der Waals surface area (Å²) in [6.45, 7) is 2.96. The Kier molecular flexibility index (Phi) is 6.63. The van der Waals surface area contributed by atoms with Crippen LogP contribution >= 0.6 is 0 Å². The second-order valence-corrected chi connectivity index (χ2v) is 3.46. The van der Waals surface area contributed by atoms with Gasteiger partial charge in [0, 0.05) is 0 Å². The lowest BCUT2D eigenvalue weighted by Gasteiger charge is -2.07. The highest BCUT2D eigenvalue weighted by atomic mass is 16.7. The van der Waals surface area contributed by atoms with Gasteiger partial charge in [-0.3, -0.25) is 0 Å². The van der Waals surface area contributed by atoms with E-state index >= 15 is 0 Å². The average molecular weight is 238 g/mol. The van der Waals surface area contributed by atoms with E-state index in [1.807, 2.05) is 37.3 Å². The molecule has 1 aromatic carbocycles. The van der Waals surface area contributed by atoms with Gasteiger partial charge in [0.2, 0.25) is 0 Å². The summed E-state index contributed by atoms with van der Waals surface area (Å²) in [6, 6.07) is 9.37. The third-order valence-electron chi connectivity index (χ3n) is 2.03. The van der Waals surface area contributed by atoms with Gasteiger partial charge in [-0.2, -0.15) is 0 Å². The van der Waals surface area contributed by atoms with Crippen LogP contribution in [0.2, 0.25) is 0 Å². The molecule has 4 nitrogen and oxygen atoms in total. The molecule has 0 aromatic heterocycles. The zero-order valence-electron chi connectivity index (χ0n) is 10.1. The third-order valence-corrected chi connectivity index (χ3v) is 2.03. The predicted molar refractivity (Wildman–Crippen MR) is 64.1 cm³/mol. The Morgan fingerprint density at radius 1 is 1.06 bits per heavy atom. The Hall–Kier alpha value is -1.71. The van der Waals surface area contributed by atoms with Gasteiger partial charge in [0.1, 0.15) is 19.0 Å². The maximum absolute atomic E-state index is 11.0. The van der Waals surface area contributed by atoms with Gasteiger partial charge in [-0.05, 0) is 18.6 Å². The lowest BCUT2D eigenvalue weighted by Crippen LogP contribution is -2.13. The molecule has 0 saturated heterocycles. The minimum atomic E-state index is -0.630. The molecule has 1 rings (SSSR count). The molecule has 0 bridgehead atoms. The monoisotopic (exact) mass is 238 g/mol. The van der Waals surface area contributed by atoms with Crippen LogP contribution in [0.5, 0.6) is 5.75 Å². The van der Waals surface area contributed by atoms with Gasteiger partial charge in [0.25, 0.3) is 0 Å². The highest BCUT2D eigenvalue weighted by Crippen LogP contribution is 2.07. The van der Waals surface area contributed by atoms with Crippen molar-refractivity contribution in [3.63, 3.8) is 0 Å². The van der Waals surface area contributed by atoms with Crippen molar-refractivity contribution in [3.05, 3.63) is 30.3 Å². The fraction of sp³-hybridized carbons (Fsp3) is 0.462. The number of ether oxygens (including phenoxy) is 3. The summed E-state index contributed by atoms with van der Waals surface area (Å²) in [7, 11) is 0. The van der Waals surface area contributed by atoms with Crippen molar-refractivity contribution in [1.82, 2.24) is 0 Å². The summed E-state index contributed by atoms with van der Waals surface area (Å²) in [5.74, 6) is 0.760. The van der Waals surface area contributed by atoms with E-state index in [0.717, 1.165) is 18.6 Å². The highest BCUT2D eigenvalue weighted by Gasteiger charge is 2.02. The molecular weight excluding hydrogens is 220 g/mol. The third kappa shape index (κ3) is 6.45. The van der Waals surface area contributed by atoms with Gasteiger partial charge in [-0.25, -0.2) is 4.79 Å². The molecule has 0 aliphatic rings. The molecule has 94 valence electrons. The zero-order valence-corrected chi connectivity index (χ0v) is 10.1.